The Morgan fingerprint density at radius 2 is 1.78 bits per heavy atom. The highest BCUT2D eigenvalue weighted by molar-refractivity contribution is 7.93. The lowest BCUT2D eigenvalue weighted by atomic mass is 10.1. The standard InChI is InChI=1S/C24H30N4O3S/c1-17-14-22(19-4-5-19)23(25-16-17)26-9-11-27(12-10-26)24(29)21-7-6-20(15-18(21)2)28-8-3-13-32(28,30)31/h6-7,14-16,19H,3-5,8-13H2,1-2H3. The van der Waals surface area contributed by atoms with Crippen LogP contribution >= 0.6 is 0 Å². The number of carbonyl (C=O) groups is 1. The molecular formula is C24H30N4O3S. The van der Waals surface area contributed by atoms with Crippen LogP contribution < -0.4 is 9.21 Å². The summed E-state index contributed by atoms with van der Waals surface area (Å²) >= 11 is 0. The molecule has 5 rings (SSSR count). The van der Waals surface area contributed by atoms with Gasteiger partial charge < -0.3 is 9.80 Å². The normalized spacial score (nSPS) is 20.6. The number of nitrogens with zero attached hydrogens (tertiary/aromatic N) is 4. The molecule has 3 aliphatic rings. The quantitative estimate of drug-likeness (QED) is 0.710. The van der Waals surface area contributed by atoms with E-state index in [9.17, 15) is 13.2 Å². The number of aromatic nitrogens is 1. The number of anilines is 2. The number of benzene rings is 1. The lowest BCUT2D eigenvalue weighted by molar-refractivity contribution is 0.0745. The molecule has 2 saturated heterocycles. The van der Waals surface area contributed by atoms with Crippen molar-refractivity contribution in [3.63, 3.8) is 0 Å². The Labute approximate surface area is 190 Å². The van der Waals surface area contributed by atoms with Crippen LogP contribution in [0.4, 0.5) is 11.5 Å². The summed E-state index contributed by atoms with van der Waals surface area (Å²) in [5.74, 6) is 1.92. The number of hydrogen-bond acceptors (Lipinski definition) is 5. The summed E-state index contributed by atoms with van der Waals surface area (Å²) in [7, 11) is -3.22. The topological polar surface area (TPSA) is 73.8 Å². The molecule has 1 aromatic carbocycles. The molecule has 8 heteroatoms. The van der Waals surface area contributed by atoms with Gasteiger partial charge >= 0.3 is 0 Å². The molecule has 0 radical (unpaired) electrons. The van der Waals surface area contributed by atoms with Gasteiger partial charge in [-0.05, 0) is 73.9 Å². The van der Waals surface area contributed by atoms with Crippen LogP contribution in [0.2, 0.25) is 0 Å². The minimum atomic E-state index is -3.22. The van der Waals surface area contributed by atoms with Crippen molar-refractivity contribution >= 4 is 27.4 Å². The first-order valence-corrected chi connectivity index (χ1v) is 13.1. The van der Waals surface area contributed by atoms with Crippen LogP contribution in [0.1, 0.15) is 52.2 Å². The predicted molar refractivity (Wildman–Crippen MR) is 126 cm³/mol. The van der Waals surface area contributed by atoms with Crippen LogP contribution in [0.25, 0.3) is 0 Å². The van der Waals surface area contributed by atoms with E-state index in [1.54, 1.807) is 12.1 Å². The fourth-order valence-electron chi connectivity index (χ4n) is 4.81. The van der Waals surface area contributed by atoms with Gasteiger partial charge in [0, 0.05) is 44.5 Å². The van der Waals surface area contributed by atoms with E-state index in [1.807, 2.05) is 24.1 Å². The van der Waals surface area contributed by atoms with Gasteiger partial charge in [0.25, 0.3) is 5.91 Å². The van der Waals surface area contributed by atoms with Crippen LogP contribution in [0, 0.1) is 13.8 Å². The molecule has 3 heterocycles. The number of sulfonamides is 1. The van der Waals surface area contributed by atoms with Crippen molar-refractivity contribution in [1.29, 1.82) is 0 Å². The molecule has 0 atom stereocenters. The van der Waals surface area contributed by atoms with Crippen molar-refractivity contribution in [2.24, 2.45) is 0 Å². The molecule has 32 heavy (non-hydrogen) atoms. The first kappa shape index (κ1) is 21.2. The SMILES string of the molecule is Cc1cnc(N2CCN(C(=O)c3ccc(N4CCCS4(=O)=O)cc3C)CC2)c(C2CC2)c1. The summed E-state index contributed by atoms with van der Waals surface area (Å²) in [5, 5.41) is 0. The van der Waals surface area contributed by atoms with E-state index >= 15 is 0 Å². The minimum absolute atomic E-state index is 0.0114. The van der Waals surface area contributed by atoms with E-state index in [4.69, 9.17) is 4.98 Å². The summed E-state index contributed by atoms with van der Waals surface area (Å²) < 4.78 is 25.9. The van der Waals surface area contributed by atoms with Gasteiger partial charge in [-0.3, -0.25) is 9.10 Å². The average molecular weight is 455 g/mol. The van der Waals surface area contributed by atoms with E-state index in [1.165, 1.54) is 28.3 Å². The molecule has 170 valence electrons. The largest absolute Gasteiger partial charge is 0.353 e. The molecule has 0 unspecified atom stereocenters. The molecule has 2 aromatic rings. The molecule has 1 aliphatic carbocycles. The molecule has 0 N–H and O–H groups in total. The van der Waals surface area contributed by atoms with Gasteiger partial charge in [0.15, 0.2) is 0 Å². The summed E-state index contributed by atoms with van der Waals surface area (Å²) in [4.78, 5) is 22.2. The van der Waals surface area contributed by atoms with E-state index in [-0.39, 0.29) is 11.7 Å². The van der Waals surface area contributed by atoms with E-state index in [0.717, 1.165) is 24.5 Å². The summed E-state index contributed by atoms with van der Waals surface area (Å²) in [6.07, 6.45) is 5.06. The third-order valence-electron chi connectivity index (χ3n) is 6.74. The second-order valence-corrected chi connectivity index (χ2v) is 11.2. The number of amides is 1. The van der Waals surface area contributed by atoms with Gasteiger partial charge in [0.05, 0.1) is 11.4 Å². The Hall–Kier alpha value is -2.61. The maximum Gasteiger partial charge on any atom is 0.254 e. The lowest BCUT2D eigenvalue weighted by Crippen LogP contribution is -2.49. The zero-order valence-corrected chi connectivity index (χ0v) is 19.6. The molecule has 2 aliphatic heterocycles. The highest BCUT2D eigenvalue weighted by Gasteiger charge is 2.32. The van der Waals surface area contributed by atoms with Crippen LogP contribution in [0.15, 0.2) is 30.5 Å². The van der Waals surface area contributed by atoms with E-state index in [0.29, 0.717) is 43.2 Å². The Morgan fingerprint density at radius 3 is 2.41 bits per heavy atom. The molecule has 0 bridgehead atoms. The smallest absolute Gasteiger partial charge is 0.254 e. The highest BCUT2D eigenvalue weighted by atomic mass is 32.2. The average Bonchev–Trinajstić information content (AvgIpc) is 3.56. The minimum Gasteiger partial charge on any atom is -0.353 e. The van der Waals surface area contributed by atoms with Crippen LogP contribution in [-0.2, 0) is 10.0 Å². The van der Waals surface area contributed by atoms with Gasteiger partial charge in [-0.25, -0.2) is 13.4 Å². The molecule has 1 aromatic heterocycles. The molecular weight excluding hydrogens is 424 g/mol. The monoisotopic (exact) mass is 454 g/mol. The zero-order chi connectivity index (χ0) is 22.5. The Morgan fingerprint density at radius 1 is 1.03 bits per heavy atom. The number of rotatable bonds is 4. The third-order valence-corrected chi connectivity index (χ3v) is 8.61. The van der Waals surface area contributed by atoms with Crippen molar-refractivity contribution in [1.82, 2.24) is 9.88 Å². The maximum absolute atomic E-state index is 13.2. The van der Waals surface area contributed by atoms with Crippen LogP contribution in [-0.4, -0.2) is 62.7 Å². The predicted octanol–water partition coefficient (Wildman–Crippen LogP) is 3.08. The lowest BCUT2D eigenvalue weighted by Gasteiger charge is -2.36. The highest BCUT2D eigenvalue weighted by Crippen LogP contribution is 2.44. The third kappa shape index (κ3) is 3.96. The second kappa shape index (κ2) is 8.06. The van der Waals surface area contributed by atoms with Crippen molar-refractivity contribution < 1.29 is 13.2 Å². The molecule has 3 fully saturated rings. The van der Waals surface area contributed by atoms with Gasteiger partial charge in [0.2, 0.25) is 10.0 Å². The zero-order valence-electron chi connectivity index (χ0n) is 18.7. The first-order chi connectivity index (χ1) is 15.3. The van der Waals surface area contributed by atoms with E-state index in [2.05, 4.69) is 17.9 Å². The number of piperazine rings is 1. The van der Waals surface area contributed by atoms with Gasteiger partial charge in [0.1, 0.15) is 5.82 Å². The van der Waals surface area contributed by atoms with Crippen molar-refractivity contribution in [2.75, 3.05) is 47.7 Å². The first-order valence-electron chi connectivity index (χ1n) is 11.5. The van der Waals surface area contributed by atoms with Crippen molar-refractivity contribution in [2.45, 2.75) is 39.0 Å². The molecule has 1 saturated carbocycles. The maximum atomic E-state index is 13.2. The number of pyridine rings is 1. The van der Waals surface area contributed by atoms with E-state index < -0.39 is 10.0 Å². The van der Waals surface area contributed by atoms with Crippen LogP contribution in [0.5, 0.6) is 0 Å². The summed E-state index contributed by atoms with van der Waals surface area (Å²) in [6.45, 7) is 7.32. The molecule has 1 amide bonds. The molecule has 0 spiro atoms. The fourth-order valence-corrected chi connectivity index (χ4v) is 6.36. The summed E-state index contributed by atoms with van der Waals surface area (Å²) in [5.41, 5.74) is 4.66. The summed E-state index contributed by atoms with van der Waals surface area (Å²) in [6, 6.07) is 7.63. The van der Waals surface area contributed by atoms with Crippen molar-refractivity contribution in [3.8, 4) is 0 Å². The number of carbonyl (C=O) groups excluding carboxylic acids is 1. The Kier molecular flexibility index (Phi) is 5.35. The van der Waals surface area contributed by atoms with Crippen LogP contribution in [0.3, 0.4) is 0 Å². The van der Waals surface area contributed by atoms with Gasteiger partial charge in [-0.1, -0.05) is 6.07 Å². The Bertz CT molecular complexity index is 1150. The second-order valence-electron chi connectivity index (χ2n) is 9.22. The number of aryl methyl sites for hydroxylation is 2. The van der Waals surface area contributed by atoms with Gasteiger partial charge in [-0.2, -0.15) is 0 Å². The Balaban J connectivity index is 1.28. The fraction of sp³-hybridized carbons (Fsp3) is 0.500. The number of hydrogen-bond donors (Lipinski definition) is 0. The molecule has 7 nitrogen and oxygen atoms in total. The van der Waals surface area contributed by atoms with Gasteiger partial charge in [-0.15, -0.1) is 0 Å². The van der Waals surface area contributed by atoms with Crippen molar-refractivity contribution in [3.05, 3.63) is 52.7 Å².